The first-order valence-electron chi connectivity index (χ1n) is 11.3. The van der Waals surface area contributed by atoms with E-state index in [2.05, 4.69) is 0 Å². The van der Waals surface area contributed by atoms with Gasteiger partial charge < -0.3 is 19.7 Å². The number of ketones is 1. The van der Waals surface area contributed by atoms with Gasteiger partial charge in [0.1, 0.15) is 5.78 Å². The zero-order valence-corrected chi connectivity index (χ0v) is 19.9. The summed E-state index contributed by atoms with van der Waals surface area (Å²) in [6.45, 7) is 2.73. The highest BCUT2D eigenvalue weighted by atomic mass is 32.2. The van der Waals surface area contributed by atoms with Crippen molar-refractivity contribution in [1.82, 2.24) is 0 Å². The van der Waals surface area contributed by atoms with E-state index in [9.17, 15) is 19.8 Å². The van der Waals surface area contributed by atoms with E-state index in [4.69, 9.17) is 9.47 Å². The van der Waals surface area contributed by atoms with Crippen molar-refractivity contribution in [3.63, 3.8) is 0 Å². The zero-order valence-electron chi connectivity index (χ0n) is 19.1. The molecule has 32 heavy (non-hydrogen) atoms. The van der Waals surface area contributed by atoms with E-state index < -0.39 is 12.2 Å². The van der Waals surface area contributed by atoms with Crippen LogP contribution in [0.25, 0.3) is 0 Å². The van der Waals surface area contributed by atoms with Crippen LogP contribution in [0.5, 0.6) is 0 Å². The van der Waals surface area contributed by atoms with Crippen LogP contribution in [-0.4, -0.2) is 59.4 Å². The molecule has 2 N–H and O–H groups in total. The van der Waals surface area contributed by atoms with Gasteiger partial charge >= 0.3 is 5.97 Å². The van der Waals surface area contributed by atoms with Crippen molar-refractivity contribution in [2.75, 3.05) is 25.2 Å². The Bertz CT molecular complexity index is 750. The minimum Gasteiger partial charge on any atom is -0.466 e. The van der Waals surface area contributed by atoms with Crippen molar-refractivity contribution >= 4 is 23.5 Å². The molecule has 4 atom stereocenters. The Kier molecular flexibility index (Phi) is 12.0. The lowest BCUT2D eigenvalue weighted by Gasteiger charge is -2.18. The summed E-state index contributed by atoms with van der Waals surface area (Å²) in [4.78, 5) is 23.7. The highest BCUT2D eigenvalue weighted by Crippen LogP contribution is 2.34. The van der Waals surface area contributed by atoms with Crippen LogP contribution in [0.3, 0.4) is 0 Å². The molecule has 6 nitrogen and oxygen atoms in total. The molecule has 0 aliphatic heterocycles. The molecule has 0 saturated heterocycles. The van der Waals surface area contributed by atoms with Gasteiger partial charge in [-0.05, 0) is 42.4 Å². The van der Waals surface area contributed by atoms with Crippen LogP contribution < -0.4 is 0 Å². The van der Waals surface area contributed by atoms with E-state index in [0.717, 1.165) is 29.1 Å². The third-order valence-electron chi connectivity index (χ3n) is 5.58. The summed E-state index contributed by atoms with van der Waals surface area (Å²) >= 11 is 1.71. The van der Waals surface area contributed by atoms with Gasteiger partial charge in [0.15, 0.2) is 0 Å². The molecule has 0 heterocycles. The molecule has 4 unspecified atom stereocenters. The molecule has 7 heteroatoms. The molecular weight excluding hydrogens is 428 g/mol. The molecule has 0 spiro atoms. The Balaban J connectivity index is 1.80. The Morgan fingerprint density at radius 3 is 2.84 bits per heavy atom. The van der Waals surface area contributed by atoms with Crippen molar-refractivity contribution in [2.45, 2.75) is 57.8 Å². The van der Waals surface area contributed by atoms with E-state index in [-0.39, 0.29) is 30.0 Å². The molecule has 1 aliphatic carbocycles. The van der Waals surface area contributed by atoms with Crippen molar-refractivity contribution in [2.24, 2.45) is 11.8 Å². The average molecular weight is 465 g/mol. The minimum atomic E-state index is -0.699. The third-order valence-corrected chi connectivity index (χ3v) is 6.69. The summed E-state index contributed by atoms with van der Waals surface area (Å²) in [5, 5.41) is 20.8. The highest BCUT2D eigenvalue weighted by Gasteiger charge is 2.39. The molecule has 1 aromatic rings. The van der Waals surface area contributed by atoms with E-state index in [0.29, 0.717) is 32.5 Å². The maximum atomic E-state index is 12.4. The maximum Gasteiger partial charge on any atom is 0.305 e. The molecule has 0 amide bonds. The predicted octanol–water partition coefficient (Wildman–Crippen LogP) is 3.33. The first-order chi connectivity index (χ1) is 15.4. The highest BCUT2D eigenvalue weighted by molar-refractivity contribution is 7.99. The Morgan fingerprint density at radius 1 is 1.31 bits per heavy atom. The van der Waals surface area contributed by atoms with Gasteiger partial charge in [-0.25, -0.2) is 0 Å². The zero-order chi connectivity index (χ0) is 23.3. The van der Waals surface area contributed by atoms with Gasteiger partial charge in [-0.3, -0.25) is 9.59 Å². The molecular formula is C25H36O6S. The van der Waals surface area contributed by atoms with Gasteiger partial charge in [-0.15, -0.1) is 0 Å². The number of hydrogen-bond donors (Lipinski definition) is 2. The summed E-state index contributed by atoms with van der Waals surface area (Å²) in [7, 11) is 1.65. The summed E-state index contributed by atoms with van der Waals surface area (Å²) < 4.78 is 10.1. The lowest BCUT2D eigenvalue weighted by atomic mass is 9.91. The van der Waals surface area contributed by atoms with Crippen molar-refractivity contribution in [1.29, 1.82) is 0 Å². The number of carbonyl (C=O) groups is 2. The van der Waals surface area contributed by atoms with Crippen LogP contribution in [0.1, 0.15) is 43.7 Å². The standard InChI is InChI=1S/C25H36O6S/c1-3-31-25(29)8-5-12-32-13-11-22-21(23(27)16-24(22)28)10-9-20(26)15-18-6-4-7-19(14-18)17-30-2/h4,6-7,9-10,14,20-23,26-27H,3,5,8,11-13,15-17H2,1-2H3/b10-9+. The number of carbonyl (C=O) groups excluding carboxylic acids is 2. The van der Waals surface area contributed by atoms with Gasteiger partial charge in [-0.2, -0.15) is 11.8 Å². The molecule has 1 aliphatic rings. The fraction of sp³-hybridized carbons (Fsp3) is 0.600. The summed E-state index contributed by atoms with van der Waals surface area (Å²) in [5.74, 6) is 1.06. The molecule has 178 valence electrons. The summed E-state index contributed by atoms with van der Waals surface area (Å²) in [6, 6.07) is 7.90. The van der Waals surface area contributed by atoms with Crippen LogP contribution in [0.2, 0.25) is 0 Å². The number of esters is 1. The number of rotatable bonds is 14. The largest absolute Gasteiger partial charge is 0.466 e. The second-order valence-corrected chi connectivity index (χ2v) is 9.37. The topological polar surface area (TPSA) is 93.1 Å². The quantitative estimate of drug-likeness (QED) is 0.248. The maximum absolute atomic E-state index is 12.4. The number of hydrogen-bond acceptors (Lipinski definition) is 7. The molecule has 0 radical (unpaired) electrons. The van der Waals surface area contributed by atoms with Crippen molar-refractivity contribution in [3.8, 4) is 0 Å². The van der Waals surface area contributed by atoms with E-state index in [1.54, 1.807) is 31.9 Å². The fourth-order valence-corrected chi connectivity index (χ4v) is 5.01. The number of methoxy groups -OCH3 is 1. The van der Waals surface area contributed by atoms with Gasteiger partial charge in [0.25, 0.3) is 0 Å². The minimum absolute atomic E-state index is 0.0843. The number of ether oxygens (including phenoxy) is 2. The van der Waals surface area contributed by atoms with Gasteiger partial charge in [0, 0.05) is 38.2 Å². The van der Waals surface area contributed by atoms with E-state index in [1.165, 1.54) is 0 Å². The second kappa shape index (κ2) is 14.5. The number of benzene rings is 1. The van der Waals surface area contributed by atoms with Gasteiger partial charge in [0.05, 0.1) is 25.4 Å². The van der Waals surface area contributed by atoms with Crippen LogP contribution >= 0.6 is 11.8 Å². The third kappa shape index (κ3) is 9.06. The molecule has 1 saturated carbocycles. The Hall–Kier alpha value is -1.67. The van der Waals surface area contributed by atoms with E-state index >= 15 is 0 Å². The lowest BCUT2D eigenvalue weighted by Crippen LogP contribution is -2.20. The first-order valence-corrected chi connectivity index (χ1v) is 12.5. The van der Waals surface area contributed by atoms with Crippen LogP contribution in [0, 0.1) is 11.8 Å². The number of aliphatic hydroxyl groups is 2. The van der Waals surface area contributed by atoms with Crippen molar-refractivity contribution < 1.29 is 29.3 Å². The lowest BCUT2D eigenvalue weighted by molar-refractivity contribution is -0.143. The van der Waals surface area contributed by atoms with E-state index in [1.807, 2.05) is 30.3 Å². The Labute approximate surface area is 195 Å². The van der Waals surface area contributed by atoms with Crippen LogP contribution in [0.15, 0.2) is 36.4 Å². The fourth-order valence-electron chi connectivity index (χ4n) is 4.04. The normalized spacial score (nSPS) is 21.9. The molecule has 0 bridgehead atoms. The predicted molar refractivity (Wildman–Crippen MR) is 126 cm³/mol. The summed E-state index contributed by atoms with van der Waals surface area (Å²) in [5.41, 5.74) is 2.06. The number of thioether (sulfide) groups is 1. The molecule has 2 rings (SSSR count). The summed E-state index contributed by atoms with van der Waals surface area (Å²) in [6.07, 6.45) is 4.62. The average Bonchev–Trinajstić information content (AvgIpc) is 3.02. The monoisotopic (exact) mass is 464 g/mol. The number of Topliss-reactive ketones (excluding diaryl/α,β-unsaturated/α-hetero) is 1. The smallest absolute Gasteiger partial charge is 0.305 e. The molecule has 1 fully saturated rings. The van der Waals surface area contributed by atoms with Crippen molar-refractivity contribution in [3.05, 3.63) is 47.5 Å². The van der Waals surface area contributed by atoms with Crippen LogP contribution in [0.4, 0.5) is 0 Å². The van der Waals surface area contributed by atoms with Crippen LogP contribution in [-0.2, 0) is 32.1 Å². The SMILES string of the molecule is CCOC(=O)CCCSCCC1C(=O)CC(O)C1/C=C/C(O)Cc1cccc(COC)c1. The molecule has 0 aromatic heterocycles. The number of aliphatic hydroxyl groups excluding tert-OH is 2. The van der Waals surface area contributed by atoms with Gasteiger partial charge in [0.2, 0.25) is 0 Å². The molecule has 1 aromatic carbocycles. The first kappa shape index (κ1) is 26.6. The Morgan fingerprint density at radius 2 is 2.09 bits per heavy atom. The van der Waals surface area contributed by atoms with Gasteiger partial charge in [-0.1, -0.05) is 36.4 Å². The second-order valence-electron chi connectivity index (χ2n) is 8.14.